The number of nitrogens with two attached hydrogens (primary N) is 1. The molecule has 0 saturated heterocycles. The van der Waals surface area contributed by atoms with Gasteiger partial charge >= 0.3 is 0 Å². The van der Waals surface area contributed by atoms with E-state index in [1.54, 1.807) is 20.4 Å². The third-order valence-corrected chi connectivity index (χ3v) is 3.08. The van der Waals surface area contributed by atoms with Gasteiger partial charge in [0, 0.05) is 0 Å². The molecule has 1 aliphatic rings. The van der Waals surface area contributed by atoms with Crippen LogP contribution in [0.2, 0.25) is 0 Å². The standard InChI is InChI=1S/C11H17N3O2/c1-15-8-7-13-10(14-9(8)16-2)11(12)5-3-4-6-11/h7H,3-6,12H2,1-2H3. The SMILES string of the molecule is COc1cnc(C2(N)CCCC2)nc1OC. The number of aromatic nitrogens is 2. The van der Waals surface area contributed by atoms with Gasteiger partial charge in [-0.25, -0.2) is 4.98 Å². The second-order valence-corrected chi connectivity index (χ2v) is 4.13. The molecule has 0 unspecified atom stereocenters. The summed E-state index contributed by atoms with van der Waals surface area (Å²) in [5.74, 6) is 1.64. The van der Waals surface area contributed by atoms with E-state index in [2.05, 4.69) is 9.97 Å². The summed E-state index contributed by atoms with van der Waals surface area (Å²) in [4.78, 5) is 8.60. The molecule has 1 aromatic heterocycles. The Kier molecular flexibility index (Phi) is 2.96. The van der Waals surface area contributed by atoms with Crippen molar-refractivity contribution in [2.24, 2.45) is 5.73 Å². The molecule has 88 valence electrons. The molecular formula is C11H17N3O2. The monoisotopic (exact) mass is 223 g/mol. The molecule has 1 saturated carbocycles. The van der Waals surface area contributed by atoms with Crippen LogP contribution >= 0.6 is 0 Å². The van der Waals surface area contributed by atoms with Gasteiger partial charge in [-0.05, 0) is 12.8 Å². The zero-order chi connectivity index (χ0) is 11.6. The predicted molar refractivity (Wildman–Crippen MR) is 59.5 cm³/mol. The van der Waals surface area contributed by atoms with E-state index in [1.807, 2.05) is 0 Å². The van der Waals surface area contributed by atoms with E-state index in [1.165, 1.54) is 0 Å². The first-order valence-electron chi connectivity index (χ1n) is 5.44. The molecule has 0 atom stereocenters. The molecule has 5 heteroatoms. The number of nitrogens with zero attached hydrogens (tertiary/aromatic N) is 2. The maximum Gasteiger partial charge on any atom is 0.260 e. The fourth-order valence-corrected chi connectivity index (χ4v) is 2.11. The molecule has 0 spiro atoms. The summed E-state index contributed by atoms with van der Waals surface area (Å²) in [5.41, 5.74) is 5.88. The number of rotatable bonds is 3. The smallest absolute Gasteiger partial charge is 0.260 e. The Morgan fingerprint density at radius 2 is 1.94 bits per heavy atom. The maximum absolute atomic E-state index is 6.27. The van der Waals surface area contributed by atoms with E-state index < -0.39 is 0 Å². The molecule has 2 rings (SSSR count). The Hall–Kier alpha value is -1.36. The minimum Gasteiger partial charge on any atom is -0.490 e. The summed E-state index contributed by atoms with van der Waals surface area (Å²) >= 11 is 0. The normalized spacial score (nSPS) is 18.4. The van der Waals surface area contributed by atoms with Gasteiger partial charge in [-0.15, -0.1) is 0 Å². The van der Waals surface area contributed by atoms with Crippen molar-refractivity contribution < 1.29 is 9.47 Å². The third-order valence-electron chi connectivity index (χ3n) is 3.08. The van der Waals surface area contributed by atoms with Gasteiger partial charge in [0.25, 0.3) is 5.88 Å². The molecule has 16 heavy (non-hydrogen) atoms. The molecule has 1 aliphatic carbocycles. The van der Waals surface area contributed by atoms with E-state index in [0.29, 0.717) is 17.5 Å². The predicted octanol–water partition coefficient (Wildman–Crippen LogP) is 1.22. The van der Waals surface area contributed by atoms with E-state index in [0.717, 1.165) is 25.7 Å². The lowest BCUT2D eigenvalue weighted by molar-refractivity contribution is 0.330. The van der Waals surface area contributed by atoms with Gasteiger partial charge in [0.2, 0.25) is 0 Å². The molecule has 0 aromatic carbocycles. The first-order chi connectivity index (χ1) is 7.69. The van der Waals surface area contributed by atoms with Crippen molar-refractivity contribution >= 4 is 0 Å². The minimum absolute atomic E-state index is 0.389. The number of hydrogen-bond donors (Lipinski definition) is 1. The van der Waals surface area contributed by atoms with Gasteiger partial charge in [-0.1, -0.05) is 12.8 Å². The number of ether oxygens (including phenoxy) is 2. The Morgan fingerprint density at radius 3 is 2.50 bits per heavy atom. The van der Waals surface area contributed by atoms with Crippen molar-refractivity contribution in [2.75, 3.05) is 14.2 Å². The van der Waals surface area contributed by atoms with Gasteiger partial charge in [-0.2, -0.15) is 4.98 Å². The Balaban J connectivity index is 2.35. The zero-order valence-electron chi connectivity index (χ0n) is 9.69. The zero-order valence-corrected chi connectivity index (χ0v) is 9.69. The summed E-state index contributed by atoms with van der Waals surface area (Å²) in [6, 6.07) is 0. The van der Waals surface area contributed by atoms with Crippen LogP contribution in [-0.2, 0) is 5.54 Å². The molecular weight excluding hydrogens is 206 g/mol. The van der Waals surface area contributed by atoms with Crippen LogP contribution in [0.1, 0.15) is 31.5 Å². The molecule has 1 aromatic rings. The van der Waals surface area contributed by atoms with Crippen LogP contribution in [0, 0.1) is 0 Å². The lowest BCUT2D eigenvalue weighted by Gasteiger charge is -2.22. The highest BCUT2D eigenvalue weighted by Crippen LogP contribution is 2.36. The first kappa shape index (κ1) is 11.1. The summed E-state index contributed by atoms with van der Waals surface area (Å²) < 4.78 is 10.2. The van der Waals surface area contributed by atoms with Gasteiger partial charge < -0.3 is 15.2 Å². The van der Waals surface area contributed by atoms with Crippen molar-refractivity contribution in [1.82, 2.24) is 9.97 Å². The quantitative estimate of drug-likeness (QED) is 0.834. The topological polar surface area (TPSA) is 70.3 Å². The highest BCUT2D eigenvalue weighted by Gasteiger charge is 2.34. The van der Waals surface area contributed by atoms with Crippen LogP contribution in [-0.4, -0.2) is 24.2 Å². The highest BCUT2D eigenvalue weighted by molar-refractivity contribution is 5.32. The van der Waals surface area contributed by atoms with Crippen LogP contribution in [0.5, 0.6) is 11.6 Å². The van der Waals surface area contributed by atoms with Crippen LogP contribution in [0.4, 0.5) is 0 Å². The molecule has 2 N–H and O–H groups in total. The molecule has 0 amide bonds. The van der Waals surface area contributed by atoms with Gasteiger partial charge in [0.05, 0.1) is 26.0 Å². The van der Waals surface area contributed by atoms with E-state index >= 15 is 0 Å². The summed E-state index contributed by atoms with van der Waals surface area (Å²) in [7, 11) is 3.13. The van der Waals surface area contributed by atoms with E-state index in [9.17, 15) is 0 Å². The van der Waals surface area contributed by atoms with Crippen LogP contribution in [0.15, 0.2) is 6.20 Å². The molecule has 0 bridgehead atoms. The molecule has 0 aliphatic heterocycles. The van der Waals surface area contributed by atoms with Crippen molar-refractivity contribution in [1.29, 1.82) is 0 Å². The molecule has 1 fully saturated rings. The first-order valence-corrected chi connectivity index (χ1v) is 5.44. The largest absolute Gasteiger partial charge is 0.490 e. The van der Waals surface area contributed by atoms with Crippen LogP contribution in [0.3, 0.4) is 0 Å². The number of hydrogen-bond acceptors (Lipinski definition) is 5. The second kappa shape index (κ2) is 4.25. The fraction of sp³-hybridized carbons (Fsp3) is 0.636. The second-order valence-electron chi connectivity index (χ2n) is 4.13. The van der Waals surface area contributed by atoms with Gasteiger partial charge in [0.1, 0.15) is 0 Å². The third kappa shape index (κ3) is 1.82. The Bertz CT molecular complexity index is 375. The lowest BCUT2D eigenvalue weighted by Crippen LogP contribution is -2.35. The highest BCUT2D eigenvalue weighted by atomic mass is 16.5. The van der Waals surface area contributed by atoms with E-state index in [4.69, 9.17) is 15.2 Å². The molecule has 0 radical (unpaired) electrons. The Morgan fingerprint density at radius 1 is 1.25 bits per heavy atom. The van der Waals surface area contributed by atoms with E-state index in [-0.39, 0.29) is 5.54 Å². The van der Waals surface area contributed by atoms with Crippen molar-refractivity contribution in [3.8, 4) is 11.6 Å². The van der Waals surface area contributed by atoms with Gasteiger partial charge in [-0.3, -0.25) is 0 Å². The average molecular weight is 223 g/mol. The fourth-order valence-electron chi connectivity index (χ4n) is 2.11. The van der Waals surface area contributed by atoms with Crippen molar-refractivity contribution in [3.63, 3.8) is 0 Å². The Labute approximate surface area is 95.0 Å². The maximum atomic E-state index is 6.27. The molecule has 1 heterocycles. The van der Waals surface area contributed by atoms with Crippen LogP contribution in [0.25, 0.3) is 0 Å². The van der Waals surface area contributed by atoms with Crippen LogP contribution < -0.4 is 15.2 Å². The molecule has 5 nitrogen and oxygen atoms in total. The minimum atomic E-state index is -0.389. The average Bonchev–Trinajstić information content (AvgIpc) is 2.76. The van der Waals surface area contributed by atoms with Gasteiger partial charge in [0.15, 0.2) is 11.6 Å². The van der Waals surface area contributed by atoms with Crippen molar-refractivity contribution in [3.05, 3.63) is 12.0 Å². The summed E-state index contributed by atoms with van der Waals surface area (Å²) in [6.07, 6.45) is 5.75. The summed E-state index contributed by atoms with van der Waals surface area (Å²) in [6.45, 7) is 0. The number of methoxy groups -OCH3 is 2. The summed E-state index contributed by atoms with van der Waals surface area (Å²) in [5, 5.41) is 0. The lowest BCUT2D eigenvalue weighted by atomic mass is 9.98. The van der Waals surface area contributed by atoms with Crippen molar-refractivity contribution in [2.45, 2.75) is 31.2 Å².